The molecule has 0 amide bonds. The van der Waals surface area contributed by atoms with Gasteiger partial charge in [0.15, 0.2) is 0 Å². The molecule has 0 radical (unpaired) electrons. The summed E-state index contributed by atoms with van der Waals surface area (Å²) in [6, 6.07) is 15.0. The first-order valence-electron chi connectivity index (χ1n) is 13.2. The Labute approximate surface area is 233 Å². The number of hydrogen-bond acceptors (Lipinski definition) is 8. The molecule has 0 atom stereocenters. The van der Waals surface area contributed by atoms with E-state index in [4.69, 9.17) is 14.0 Å². The molecular formula is C28H34F2N7O2P. The molecule has 1 saturated heterocycles. The van der Waals surface area contributed by atoms with Gasteiger partial charge in [-0.2, -0.15) is 9.97 Å². The van der Waals surface area contributed by atoms with Gasteiger partial charge in [-0.05, 0) is 56.3 Å². The zero-order chi connectivity index (χ0) is 28.1. The maximum Gasteiger partial charge on any atom is 0.231 e. The molecule has 0 unspecified atom stereocenters. The van der Waals surface area contributed by atoms with Crippen molar-refractivity contribution in [2.45, 2.75) is 18.9 Å². The number of hydrogen-bond donors (Lipinski definition) is 3. The van der Waals surface area contributed by atoms with E-state index in [1.165, 1.54) is 6.07 Å². The predicted octanol–water partition coefficient (Wildman–Crippen LogP) is 5.68. The fraction of sp³-hybridized carbons (Fsp3) is 0.357. The molecule has 4 aromatic rings. The van der Waals surface area contributed by atoms with E-state index in [9.17, 15) is 4.39 Å². The van der Waals surface area contributed by atoms with Crippen molar-refractivity contribution in [3.8, 4) is 0 Å². The summed E-state index contributed by atoms with van der Waals surface area (Å²) >= 11 is 0. The zero-order valence-corrected chi connectivity index (χ0v) is 23.7. The Morgan fingerprint density at radius 2 is 1.85 bits per heavy atom. The second-order valence-corrected chi connectivity index (χ2v) is 11.3. The van der Waals surface area contributed by atoms with E-state index in [0.29, 0.717) is 41.4 Å². The van der Waals surface area contributed by atoms with E-state index in [1.807, 2.05) is 43.4 Å². The maximum atomic E-state index is 15.2. The van der Waals surface area contributed by atoms with Crippen molar-refractivity contribution < 1.29 is 17.8 Å². The number of anilines is 5. The van der Waals surface area contributed by atoms with Gasteiger partial charge in [-0.1, -0.05) is 12.1 Å². The molecule has 0 bridgehead atoms. The number of nitrogens with zero attached hydrogens (tertiary/aromatic N) is 4. The number of halogens is 2. The highest BCUT2D eigenvalue weighted by Gasteiger charge is 2.24. The Hall–Kier alpha value is -3.37. The molecule has 212 valence electrons. The van der Waals surface area contributed by atoms with Gasteiger partial charge in [-0.3, -0.25) is 0 Å². The summed E-state index contributed by atoms with van der Waals surface area (Å²) in [5, 5.41) is 8.24. The molecule has 2 aromatic carbocycles. The number of H-pyrrole nitrogens is 1. The average molecular weight is 570 g/mol. The molecule has 2 aromatic heterocycles. The Morgan fingerprint density at radius 1 is 1.07 bits per heavy atom. The van der Waals surface area contributed by atoms with Crippen LogP contribution in [-0.4, -0.2) is 73.5 Å². The van der Waals surface area contributed by atoms with E-state index >= 15 is 4.39 Å². The van der Waals surface area contributed by atoms with Gasteiger partial charge >= 0.3 is 0 Å². The molecule has 1 aliphatic heterocycles. The molecule has 3 heterocycles. The number of alkyl halides is 1. The van der Waals surface area contributed by atoms with Gasteiger partial charge in [0, 0.05) is 51.8 Å². The van der Waals surface area contributed by atoms with Crippen molar-refractivity contribution in [3.05, 3.63) is 60.5 Å². The fourth-order valence-electron chi connectivity index (χ4n) is 5.06. The van der Waals surface area contributed by atoms with Crippen LogP contribution in [0.25, 0.3) is 11.0 Å². The van der Waals surface area contributed by atoms with Crippen LogP contribution in [0.15, 0.2) is 54.7 Å². The van der Waals surface area contributed by atoms with E-state index in [1.54, 1.807) is 26.5 Å². The molecule has 5 rings (SSSR count). The van der Waals surface area contributed by atoms with E-state index in [2.05, 4.69) is 30.4 Å². The maximum absolute atomic E-state index is 15.2. The second kappa shape index (κ2) is 12.9. The number of aromatic amines is 1. The van der Waals surface area contributed by atoms with Crippen molar-refractivity contribution in [1.82, 2.24) is 19.9 Å². The second-order valence-electron chi connectivity index (χ2n) is 9.58. The van der Waals surface area contributed by atoms with Crippen LogP contribution in [0.2, 0.25) is 0 Å². The lowest BCUT2D eigenvalue weighted by atomic mass is 10.0. The van der Waals surface area contributed by atoms with Crippen LogP contribution >= 0.6 is 8.38 Å². The summed E-state index contributed by atoms with van der Waals surface area (Å²) in [5.41, 5.74) is 2.54. The van der Waals surface area contributed by atoms with Gasteiger partial charge in [0.25, 0.3) is 0 Å². The molecule has 0 aliphatic carbocycles. The minimum atomic E-state index is -1.26. The van der Waals surface area contributed by atoms with Gasteiger partial charge in [0.05, 0.1) is 22.1 Å². The van der Waals surface area contributed by atoms with Gasteiger partial charge in [0.1, 0.15) is 24.0 Å². The molecule has 3 N–H and O–H groups in total. The number of rotatable bonds is 11. The fourth-order valence-corrected chi connectivity index (χ4v) is 6.14. The molecule has 12 heteroatoms. The Balaban J connectivity index is 1.34. The molecule has 1 fully saturated rings. The Morgan fingerprint density at radius 3 is 2.58 bits per heavy atom. The molecule has 0 saturated carbocycles. The first-order chi connectivity index (χ1) is 19.5. The summed E-state index contributed by atoms with van der Waals surface area (Å²) in [6.07, 6.45) is 3.54. The van der Waals surface area contributed by atoms with Crippen LogP contribution in [-0.2, 0) is 9.05 Å². The Bertz CT molecular complexity index is 1430. The van der Waals surface area contributed by atoms with Crippen LogP contribution in [0.3, 0.4) is 0 Å². The first kappa shape index (κ1) is 28.2. The lowest BCUT2D eigenvalue weighted by molar-refractivity contribution is 0.193. The standard InChI is InChI=1S/C28H34F2N7O2P/c1-36(17-13-29)20-11-15-37(16-12-20)24-9-8-19(18-22(24)30)32-28-34-26-21(10-14-31-26)27(35-28)33-23-6-4-5-7-25(23)40(38-2)39-3/h4-10,14,18,20H,11-13,15-17H2,1-3H3,(H3,31,32,33,34,35). The van der Waals surface area contributed by atoms with Crippen molar-refractivity contribution >= 4 is 53.5 Å². The zero-order valence-electron chi connectivity index (χ0n) is 22.8. The monoisotopic (exact) mass is 569 g/mol. The molecule has 0 spiro atoms. The van der Waals surface area contributed by atoms with Crippen LogP contribution in [0.1, 0.15) is 12.8 Å². The third kappa shape index (κ3) is 6.18. The topological polar surface area (TPSA) is 90.6 Å². The van der Waals surface area contributed by atoms with Crippen LogP contribution in [0, 0.1) is 5.82 Å². The summed E-state index contributed by atoms with van der Waals surface area (Å²) in [5.74, 6) is 0.585. The number of para-hydroxylation sites is 1. The number of aromatic nitrogens is 3. The van der Waals surface area contributed by atoms with E-state index in [0.717, 1.165) is 42.3 Å². The highest BCUT2D eigenvalue weighted by atomic mass is 31.2. The number of piperidine rings is 1. The van der Waals surface area contributed by atoms with Crippen molar-refractivity contribution in [3.63, 3.8) is 0 Å². The predicted molar refractivity (Wildman–Crippen MR) is 158 cm³/mol. The van der Waals surface area contributed by atoms with Gasteiger partial charge in [-0.25, -0.2) is 8.78 Å². The van der Waals surface area contributed by atoms with Crippen LogP contribution < -0.4 is 20.8 Å². The third-order valence-corrected chi connectivity index (χ3v) is 8.62. The van der Waals surface area contributed by atoms with Crippen LogP contribution in [0.4, 0.5) is 37.6 Å². The highest BCUT2D eigenvalue weighted by Crippen LogP contribution is 2.38. The summed E-state index contributed by atoms with van der Waals surface area (Å²) < 4.78 is 39.0. The van der Waals surface area contributed by atoms with Crippen molar-refractivity contribution in [2.24, 2.45) is 0 Å². The van der Waals surface area contributed by atoms with Gasteiger partial charge in [0.2, 0.25) is 14.3 Å². The molecule has 9 nitrogen and oxygen atoms in total. The lowest BCUT2D eigenvalue weighted by Gasteiger charge is -2.37. The van der Waals surface area contributed by atoms with E-state index < -0.39 is 8.38 Å². The SMILES string of the molecule is COP(OC)c1ccccc1Nc1nc(Nc2ccc(N3CCC(N(C)CCF)CC3)c(F)c2)nc2[nH]ccc12. The Kier molecular flexibility index (Phi) is 9.06. The quantitative estimate of drug-likeness (QED) is 0.199. The minimum absolute atomic E-state index is 0.318. The smallest absolute Gasteiger partial charge is 0.231 e. The van der Waals surface area contributed by atoms with E-state index in [-0.39, 0.29) is 12.5 Å². The van der Waals surface area contributed by atoms with Gasteiger partial charge in [-0.15, -0.1) is 0 Å². The average Bonchev–Trinajstić information content (AvgIpc) is 3.44. The normalized spacial score (nSPS) is 14.4. The lowest BCUT2D eigenvalue weighted by Crippen LogP contribution is -2.44. The summed E-state index contributed by atoms with van der Waals surface area (Å²) in [7, 11) is 3.92. The van der Waals surface area contributed by atoms with Gasteiger partial charge < -0.3 is 34.5 Å². The molecule has 1 aliphatic rings. The third-order valence-electron chi connectivity index (χ3n) is 7.17. The summed E-state index contributed by atoms with van der Waals surface area (Å²) in [6.45, 7) is 1.53. The number of benzene rings is 2. The summed E-state index contributed by atoms with van der Waals surface area (Å²) in [4.78, 5) is 16.5. The number of nitrogens with one attached hydrogen (secondary N) is 3. The molecule has 40 heavy (non-hydrogen) atoms. The first-order valence-corrected chi connectivity index (χ1v) is 14.4. The largest absolute Gasteiger partial charge is 0.369 e. The van der Waals surface area contributed by atoms with Crippen molar-refractivity contribution in [1.29, 1.82) is 0 Å². The minimum Gasteiger partial charge on any atom is -0.369 e. The number of fused-ring (bicyclic) bond motifs is 1. The highest BCUT2D eigenvalue weighted by molar-refractivity contribution is 7.56. The molecular weight excluding hydrogens is 535 g/mol. The van der Waals surface area contributed by atoms with Crippen molar-refractivity contribution in [2.75, 3.05) is 63.1 Å². The van der Waals surface area contributed by atoms with Crippen LogP contribution in [0.5, 0.6) is 0 Å².